The maximum Gasteiger partial charge on any atom is 0.123 e. The lowest BCUT2D eigenvalue weighted by Gasteiger charge is -2.23. The molecule has 0 radical (unpaired) electrons. The number of benzene rings is 1. The Morgan fingerprint density at radius 1 is 1.04 bits per heavy atom. The third kappa shape index (κ3) is 3.13. The highest BCUT2D eigenvalue weighted by atomic mass is 19.1. The molecule has 2 aromatic heterocycles. The van der Waals surface area contributed by atoms with E-state index in [1.54, 1.807) is 18.3 Å². The first-order chi connectivity index (χ1) is 12.2. The van der Waals surface area contributed by atoms with Crippen molar-refractivity contribution < 1.29 is 4.39 Å². The molecular formula is C19H20FN5. The van der Waals surface area contributed by atoms with Crippen LogP contribution in [0, 0.1) is 5.82 Å². The standard InChI is InChI=1S/C19H20FN5/c20-15-3-1-12(2-4-15)18-17(14-7-10-23-16(21)11-14)19(25-24-18)13-5-8-22-9-6-13/h1-4,7,10-11,13,22H,5-6,8-9H2,(H2,21,23)(H,24,25). The van der Waals surface area contributed by atoms with Crippen LogP contribution in [0.5, 0.6) is 0 Å². The van der Waals surface area contributed by atoms with Gasteiger partial charge in [-0.15, -0.1) is 0 Å². The summed E-state index contributed by atoms with van der Waals surface area (Å²) in [7, 11) is 0. The molecule has 1 fully saturated rings. The highest BCUT2D eigenvalue weighted by Gasteiger charge is 2.24. The molecule has 3 heterocycles. The number of aromatic nitrogens is 3. The molecule has 128 valence electrons. The molecule has 0 aliphatic carbocycles. The molecule has 0 spiro atoms. The Balaban J connectivity index is 1.86. The lowest BCUT2D eigenvalue weighted by atomic mass is 9.88. The first kappa shape index (κ1) is 15.8. The summed E-state index contributed by atoms with van der Waals surface area (Å²) in [5.41, 5.74) is 10.7. The van der Waals surface area contributed by atoms with Crippen molar-refractivity contribution in [3.63, 3.8) is 0 Å². The summed E-state index contributed by atoms with van der Waals surface area (Å²) in [6.07, 6.45) is 3.82. The molecule has 0 unspecified atom stereocenters. The average molecular weight is 337 g/mol. The van der Waals surface area contributed by atoms with Crippen molar-refractivity contribution in [1.82, 2.24) is 20.5 Å². The zero-order chi connectivity index (χ0) is 17.2. The molecule has 1 saturated heterocycles. The molecule has 4 N–H and O–H groups in total. The summed E-state index contributed by atoms with van der Waals surface area (Å²) in [5.74, 6) is 0.625. The number of nitrogen functional groups attached to an aromatic ring is 1. The van der Waals surface area contributed by atoms with Crippen LogP contribution < -0.4 is 11.1 Å². The lowest BCUT2D eigenvalue weighted by molar-refractivity contribution is 0.453. The highest BCUT2D eigenvalue weighted by molar-refractivity contribution is 5.83. The summed E-state index contributed by atoms with van der Waals surface area (Å²) < 4.78 is 13.3. The molecule has 4 rings (SSSR count). The van der Waals surface area contributed by atoms with Crippen molar-refractivity contribution in [3.05, 3.63) is 54.1 Å². The Labute approximate surface area is 145 Å². The zero-order valence-electron chi connectivity index (χ0n) is 13.8. The topological polar surface area (TPSA) is 79.6 Å². The van der Waals surface area contributed by atoms with Gasteiger partial charge >= 0.3 is 0 Å². The van der Waals surface area contributed by atoms with Crippen molar-refractivity contribution in [3.8, 4) is 22.4 Å². The maximum atomic E-state index is 13.3. The van der Waals surface area contributed by atoms with Crippen molar-refractivity contribution in [2.45, 2.75) is 18.8 Å². The van der Waals surface area contributed by atoms with Gasteiger partial charge in [0.15, 0.2) is 0 Å². The van der Waals surface area contributed by atoms with Crippen molar-refractivity contribution >= 4 is 5.82 Å². The van der Waals surface area contributed by atoms with Crippen LogP contribution in [0.3, 0.4) is 0 Å². The van der Waals surface area contributed by atoms with Gasteiger partial charge in [0.1, 0.15) is 17.3 Å². The minimum absolute atomic E-state index is 0.257. The first-order valence-electron chi connectivity index (χ1n) is 8.49. The van der Waals surface area contributed by atoms with Gasteiger partial charge in [-0.25, -0.2) is 9.37 Å². The van der Waals surface area contributed by atoms with E-state index in [2.05, 4.69) is 20.5 Å². The molecule has 1 aliphatic heterocycles. The van der Waals surface area contributed by atoms with Gasteiger partial charge in [-0.2, -0.15) is 5.10 Å². The molecule has 0 atom stereocenters. The van der Waals surface area contributed by atoms with Crippen LogP contribution in [0.1, 0.15) is 24.5 Å². The van der Waals surface area contributed by atoms with E-state index in [1.807, 2.05) is 12.1 Å². The fourth-order valence-corrected chi connectivity index (χ4v) is 3.47. The van der Waals surface area contributed by atoms with Crippen LogP contribution >= 0.6 is 0 Å². The Morgan fingerprint density at radius 3 is 2.52 bits per heavy atom. The lowest BCUT2D eigenvalue weighted by Crippen LogP contribution is -2.27. The molecule has 6 heteroatoms. The minimum atomic E-state index is -0.257. The third-order valence-corrected chi connectivity index (χ3v) is 4.73. The molecular weight excluding hydrogens is 317 g/mol. The van der Waals surface area contributed by atoms with Crippen LogP contribution in [-0.4, -0.2) is 28.3 Å². The Hall–Kier alpha value is -2.73. The molecule has 25 heavy (non-hydrogen) atoms. The quantitative estimate of drug-likeness (QED) is 0.685. The predicted octanol–water partition coefficient (Wildman–Crippen LogP) is 3.33. The normalized spacial score (nSPS) is 15.4. The molecule has 0 bridgehead atoms. The number of hydrogen-bond acceptors (Lipinski definition) is 4. The van der Waals surface area contributed by atoms with Gasteiger partial charge in [0, 0.05) is 28.9 Å². The second kappa shape index (κ2) is 6.64. The van der Waals surface area contributed by atoms with Crippen LogP contribution in [0.25, 0.3) is 22.4 Å². The largest absolute Gasteiger partial charge is 0.384 e. The summed E-state index contributed by atoms with van der Waals surface area (Å²) in [6.45, 7) is 1.99. The fraction of sp³-hybridized carbons (Fsp3) is 0.263. The number of hydrogen-bond donors (Lipinski definition) is 3. The predicted molar refractivity (Wildman–Crippen MR) is 96.5 cm³/mol. The number of rotatable bonds is 3. The van der Waals surface area contributed by atoms with Crippen LogP contribution in [-0.2, 0) is 0 Å². The van der Waals surface area contributed by atoms with Gasteiger partial charge in [-0.05, 0) is 67.9 Å². The number of nitrogens with one attached hydrogen (secondary N) is 2. The molecule has 1 aliphatic rings. The minimum Gasteiger partial charge on any atom is -0.384 e. The molecule has 0 amide bonds. The van der Waals surface area contributed by atoms with Gasteiger partial charge in [0.2, 0.25) is 0 Å². The van der Waals surface area contributed by atoms with E-state index in [1.165, 1.54) is 12.1 Å². The van der Waals surface area contributed by atoms with Crippen LogP contribution in [0.15, 0.2) is 42.6 Å². The number of halogens is 1. The number of piperidine rings is 1. The molecule has 5 nitrogen and oxygen atoms in total. The summed E-state index contributed by atoms with van der Waals surface area (Å²) >= 11 is 0. The third-order valence-electron chi connectivity index (χ3n) is 4.73. The van der Waals surface area contributed by atoms with E-state index in [9.17, 15) is 4.39 Å². The summed E-state index contributed by atoms with van der Waals surface area (Å²) in [6, 6.07) is 10.2. The number of pyridine rings is 1. The molecule has 0 saturated carbocycles. The Bertz CT molecular complexity index is 866. The van der Waals surface area contributed by atoms with Gasteiger partial charge in [0.05, 0.1) is 0 Å². The van der Waals surface area contributed by atoms with E-state index in [0.717, 1.165) is 54.0 Å². The average Bonchev–Trinajstić information content (AvgIpc) is 3.08. The summed E-state index contributed by atoms with van der Waals surface area (Å²) in [4.78, 5) is 4.09. The molecule has 1 aromatic carbocycles. The van der Waals surface area contributed by atoms with Gasteiger partial charge in [-0.3, -0.25) is 5.10 Å². The van der Waals surface area contributed by atoms with Crippen molar-refractivity contribution in [2.75, 3.05) is 18.8 Å². The Morgan fingerprint density at radius 2 is 1.80 bits per heavy atom. The maximum absolute atomic E-state index is 13.3. The van der Waals surface area contributed by atoms with Gasteiger partial charge in [0.25, 0.3) is 0 Å². The first-order valence-corrected chi connectivity index (χ1v) is 8.49. The van der Waals surface area contributed by atoms with Crippen LogP contribution in [0.4, 0.5) is 10.2 Å². The number of aromatic amines is 1. The fourth-order valence-electron chi connectivity index (χ4n) is 3.47. The van der Waals surface area contributed by atoms with E-state index in [-0.39, 0.29) is 5.82 Å². The highest BCUT2D eigenvalue weighted by Crippen LogP contribution is 2.39. The van der Waals surface area contributed by atoms with E-state index < -0.39 is 0 Å². The van der Waals surface area contributed by atoms with Crippen molar-refractivity contribution in [2.24, 2.45) is 0 Å². The van der Waals surface area contributed by atoms with Crippen LogP contribution in [0.2, 0.25) is 0 Å². The van der Waals surface area contributed by atoms with E-state index >= 15 is 0 Å². The SMILES string of the molecule is Nc1cc(-c2c(-c3ccc(F)cc3)n[nH]c2C2CCNCC2)ccn1. The second-order valence-electron chi connectivity index (χ2n) is 6.36. The van der Waals surface area contributed by atoms with Gasteiger partial charge in [-0.1, -0.05) is 0 Å². The van der Waals surface area contributed by atoms with Crippen molar-refractivity contribution in [1.29, 1.82) is 0 Å². The second-order valence-corrected chi connectivity index (χ2v) is 6.36. The Kier molecular flexibility index (Phi) is 4.19. The van der Waals surface area contributed by atoms with Gasteiger partial charge < -0.3 is 11.1 Å². The number of nitrogens with two attached hydrogens (primary N) is 1. The van der Waals surface area contributed by atoms with E-state index in [0.29, 0.717) is 11.7 Å². The monoisotopic (exact) mass is 337 g/mol. The number of nitrogens with zero attached hydrogens (tertiary/aromatic N) is 2. The molecule has 3 aromatic rings. The van der Waals surface area contributed by atoms with E-state index in [4.69, 9.17) is 5.73 Å². The summed E-state index contributed by atoms with van der Waals surface area (Å²) in [5, 5.41) is 11.2. The number of anilines is 1. The zero-order valence-corrected chi connectivity index (χ0v) is 13.8. The smallest absolute Gasteiger partial charge is 0.123 e. The number of H-pyrrole nitrogens is 1.